The third-order valence-electron chi connectivity index (χ3n) is 6.79. The minimum Gasteiger partial charge on any atom is -0.355 e. The van der Waals surface area contributed by atoms with Crippen LogP contribution in [0.3, 0.4) is 0 Å². The molecule has 5 nitrogen and oxygen atoms in total. The lowest BCUT2D eigenvalue weighted by atomic mass is 9.90. The largest absolute Gasteiger partial charge is 0.355 e. The maximum atomic E-state index is 13.0. The van der Waals surface area contributed by atoms with E-state index in [4.69, 9.17) is 0 Å². The molecule has 30 heavy (non-hydrogen) atoms. The second-order valence-electron chi connectivity index (χ2n) is 8.78. The fraction of sp³-hybridized carbons (Fsp3) is 0.560. The molecule has 1 aromatic heterocycles. The quantitative estimate of drug-likeness (QED) is 0.696. The van der Waals surface area contributed by atoms with E-state index >= 15 is 0 Å². The van der Waals surface area contributed by atoms with Crippen LogP contribution in [0, 0.1) is 5.92 Å². The van der Waals surface area contributed by atoms with Crippen LogP contribution >= 0.6 is 0 Å². The maximum absolute atomic E-state index is 13.0. The topological polar surface area (TPSA) is 49.3 Å². The zero-order valence-corrected chi connectivity index (χ0v) is 18.2. The van der Waals surface area contributed by atoms with Crippen LogP contribution in [-0.4, -0.2) is 46.7 Å². The van der Waals surface area contributed by atoms with Crippen molar-refractivity contribution in [2.75, 3.05) is 24.5 Å². The zero-order chi connectivity index (χ0) is 20.8. The highest BCUT2D eigenvalue weighted by molar-refractivity contribution is 5.92. The Hall–Kier alpha value is -2.43. The van der Waals surface area contributed by atoms with Crippen molar-refractivity contribution in [3.8, 4) is 0 Å². The van der Waals surface area contributed by atoms with Crippen molar-refractivity contribution < 1.29 is 4.79 Å². The third-order valence-corrected chi connectivity index (χ3v) is 6.79. The third kappa shape index (κ3) is 5.00. The lowest BCUT2D eigenvalue weighted by molar-refractivity contribution is 0.0640. The van der Waals surface area contributed by atoms with E-state index < -0.39 is 0 Å². The number of hydrogen-bond acceptors (Lipinski definition) is 4. The molecule has 1 saturated heterocycles. The fourth-order valence-corrected chi connectivity index (χ4v) is 5.03. The number of anilines is 1. The highest BCUT2D eigenvalue weighted by atomic mass is 16.2. The van der Waals surface area contributed by atoms with Crippen LogP contribution in [0.1, 0.15) is 67.9 Å². The summed E-state index contributed by atoms with van der Waals surface area (Å²) in [6, 6.07) is 15.0. The van der Waals surface area contributed by atoms with Crippen molar-refractivity contribution in [2.24, 2.45) is 5.92 Å². The van der Waals surface area contributed by atoms with Gasteiger partial charge in [0.1, 0.15) is 0 Å². The Bertz CT molecular complexity index is 794. The molecule has 0 atom stereocenters. The molecule has 2 fully saturated rings. The van der Waals surface area contributed by atoms with E-state index in [0.717, 1.165) is 50.6 Å². The number of amides is 1. The highest BCUT2D eigenvalue weighted by Crippen LogP contribution is 2.26. The summed E-state index contributed by atoms with van der Waals surface area (Å²) < 4.78 is 0. The molecule has 0 N–H and O–H groups in total. The van der Waals surface area contributed by atoms with Gasteiger partial charge in [0.2, 0.25) is 0 Å². The van der Waals surface area contributed by atoms with Gasteiger partial charge >= 0.3 is 0 Å². The van der Waals surface area contributed by atoms with Gasteiger partial charge in [-0.15, -0.1) is 10.2 Å². The van der Waals surface area contributed by atoms with Crippen LogP contribution in [-0.2, 0) is 6.42 Å². The number of hydrogen-bond donors (Lipinski definition) is 0. The van der Waals surface area contributed by atoms with Gasteiger partial charge in [0.15, 0.2) is 11.5 Å². The number of aromatic nitrogens is 2. The van der Waals surface area contributed by atoms with Crippen molar-refractivity contribution in [3.63, 3.8) is 0 Å². The van der Waals surface area contributed by atoms with Crippen LogP contribution in [0.25, 0.3) is 0 Å². The molecular formula is C25H34N4O. The van der Waals surface area contributed by atoms with E-state index in [1.807, 2.05) is 17.0 Å². The number of carbonyl (C=O) groups is 1. The molecule has 1 saturated carbocycles. The smallest absolute Gasteiger partial charge is 0.274 e. The minimum atomic E-state index is 0.0324. The van der Waals surface area contributed by atoms with Gasteiger partial charge < -0.3 is 9.80 Å². The van der Waals surface area contributed by atoms with Gasteiger partial charge in [0.25, 0.3) is 5.91 Å². The van der Waals surface area contributed by atoms with Crippen LogP contribution in [0.5, 0.6) is 0 Å². The number of benzene rings is 1. The van der Waals surface area contributed by atoms with Crippen LogP contribution in [0.4, 0.5) is 5.82 Å². The molecule has 1 amide bonds. The van der Waals surface area contributed by atoms with E-state index in [-0.39, 0.29) is 5.91 Å². The SMILES string of the molecule is CCN(C(=O)c1ccc(N2CCC(Cc3ccccc3)CC2)nn1)C1CCCCC1. The molecular weight excluding hydrogens is 372 g/mol. The number of carbonyl (C=O) groups excluding carboxylic acids is 1. The van der Waals surface area contributed by atoms with E-state index in [1.54, 1.807) is 0 Å². The molecule has 0 spiro atoms. The van der Waals surface area contributed by atoms with Gasteiger partial charge in [0, 0.05) is 25.7 Å². The molecule has 1 aromatic carbocycles. The molecule has 4 rings (SSSR count). The molecule has 2 heterocycles. The maximum Gasteiger partial charge on any atom is 0.274 e. The monoisotopic (exact) mass is 406 g/mol. The van der Waals surface area contributed by atoms with Gasteiger partial charge in [0.05, 0.1) is 0 Å². The second-order valence-corrected chi connectivity index (χ2v) is 8.78. The summed E-state index contributed by atoms with van der Waals surface area (Å²) in [5, 5.41) is 8.74. The summed E-state index contributed by atoms with van der Waals surface area (Å²) in [5.41, 5.74) is 1.90. The fourth-order valence-electron chi connectivity index (χ4n) is 5.03. The van der Waals surface area contributed by atoms with Gasteiger partial charge in [-0.1, -0.05) is 49.6 Å². The zero-order valence-electron chi connectivity index (χ0n) is 18.2. The first-order valence-corrected chi connectivity index (χ1v) is 11.7. The molecule has 1 aliphatic carbocycles. The van der Waals surface area contributed by atoms with Gasteiger partial charge in [-0.05, 0) is 62.6 Å². The van der Waals surface area contributed by atoms with Crippen molar-refractivity contribution >= 4 is 11.7 Å². The number of rotatable bonds is 6. The summed E-state index contributed by atoms with van der Waals surface area (Å²) in [7, 11) is 0. The average molecular weight is 407 g/mol. The Labute approximate surface area is 180 Å². The molecule has 160 valence electrons. The van der Waals surface area contributed by atoms with E-state index in [2.05, 4.69) is 52.4 Å². The molecule has 0 unspecified atom stereocenters. The normalized spacial score (nSPS) is 18.4. The molecule has 2 aromatic rings. The summed E-state index contributed by atoms with van der Waals surface area (Å²) in [4.78, 5) is 17.3. The molecule has 5 heteroatoms. The van der Waals surface area contributed by atoms with E-state index in [0.29, 0.717) is 11.7 Å². The summed E-state index contributed by atoms with van der Waals surface area (Å²) in [6.07, 6.45) is 9.45. The summed E-state index contributed by atoms with van der Waals surface area (Å²) in [5.74, 6) is 1.65. The molecule has 2 aliphatic rings. The first kappa shape index (κ1) is 20.8. The van der Waals surface area contributed by atoms with Crippen molar-refractivity contribution in [1.82, 2.24) is 15.1 Å². The first-order valence-electron chi connectivity index (χ1n) is 11.7. The summed E-state index contributed by atoms with van der Waals surface area (Å²) in [6.45, 7) is 4.81. The predicted octanol–water partition coefficient (Wildman–Crippen LogP) is 4.73. The molecule has 0 bridgehead atoms. The number of nitrogens with zero attached hydrogens (tertiary/aromatic N) is 4. The number of piperidine rings is 1. The van der Waals surface area contributed by atoms with Crippen LogP contribution in [0.2, 0.25) is 0 Å². The van der Waals surface area contributed by atoms with Crippen molar-refractivity contribution in [2.45, 2.75) is 64.3 Å². The predicted molar refractivity (Wildman–Crippen MR) is 121 cm³/mol. The summed E-state index contributed by atoms with van der Waals surface area (Å²) >= 11 is 0. The Morgan fingerprint density at radius 3 is 2.33 bits per heavy atom. The van der Waals surface area contributed by atoms with E-state index in [9.17, 15) is 4.79 Å². The Kier molecular flexibility index (Phi) is 6.98. The van der Waals surface area contributed by atoms with Gasteiger partial charge in [-0.25, -0.2) is 0 Å². The second kappa shape index (κ2) is 10.1. The average Bonchev–Trinajstić information content (AvgIpc) is 2.81. The lowest BCUT2D eigenvalue weighted by Gasteiger charge is -2.34. The lowest BCUT2D eigenvalue weighted by Crippen LogP contribution is -2.41. The highest BCUT2D eigenvalue weighted by Gasteiger charge is 2.26. The molecule has 1 aliphatic heterocycles. The Morgan fingerprint density at radius 1 is 0.967 bits per heavy atom. The standard InChI is InChI=1S/C25H34N4O/c1-2-29(22-11-7-4-8-12-22)25(30)23-13-14-24(27-26-23)28-17-15-21(16-18-28)19-20-9-5-3-6-10-20/h3,5-6,9-10,13-14,21-22H,2,4,7-8,11-12,15-19H2,1H3. The van der Waals surface area contributed by atoms with E-state index in [1.165, 1.54) is 37.7 Å². The Morgan fingerprint density at radius 2 is 1.70 bits per heavy atom. The first-order chi connectivity index (χ1) is 14.7. The van der Waals surface area contributed by atoms with Gasteiger partial charge in [-0.2, -0.15) is 0 Å². The van der Waals surface area contributed by atoms with Crippen molar-refractivity contribution in [1.29, 1.82) is 0 Å². The van der Waals surface area contributed by atoms with Crippen LogP contribution in [0.15, 0.2) is 42.5 Å². The molecule has 0 radical (unpaired) electrons. The Balaban J connectivity index is 1.33. The van der Waals surface area contributed by atoms with Gasteiger partial charge in [-0.3, -0.25) is 4.79 Å². The minimum absolute atomic E-state index is 0.0324. The van der Waals surface area contributed by atoms with Crippen LogP contribution < -0.4 is 4.90 Å². The van der Waals surface area contributed by atoms with Crippen molar-refractivity contribution in [3.05, 3.63) is 53.7 Å².